The SMILES string of the molecule is Nc1nc(N)c2nc(CN3CCCC3)nnc2n1. The molecule has 1 aliphatic rings. The van der Waals surface area contributed by atoms with Gasteiger partial charge >= 0.3 is 0 Å². The number of nitrogen functional groups attached to an aromatic ring is 2. The van der Waals surface area contributed by atoms with Crippen LogP contribution in [0.4, 0.5) is 11.8 Å². The van der Waals surface area contributed by atoms with Crippen molar-refractivity contribution >= 4 is 22.9 Å². The first-order valence-corrected chi connectivity index (χ1v) is 5.87. The number of hydrogen-bond donors (Lipinski definition) is 2. The molecular formula is C10H14N8. The maximum atomic E-state index is 5.76. The smallest absolute Gasteiger partial charge is 0.224 e. The van der Waals surface area contributed by atoms with Gasteiger partial charge in [-0.3, -0.25) is 4.90 Å². The number of anilines is 2. The Morgan fingerprint density at radius 3 is 2.56 bits per heavy atom. The second kappa shape index (κ2) is 4.30. The Kier molecular flexibility index (Phi) is 2.63. The molecule has 0 spiro atoms. The third-order valence-electron chi connectivity index (χ3n) is 2.97. The summed E-state index contributed by atoms with van der Waals surface area (Å²) in [6.45, 7) is 2.84. The average Bonchev–Trinajstić information content (AvgIpc) is 2.83. The highest BCUT2D eigenvalue weighted by molar-refractivity contribution is 5.81. The van der Waals surface area contributed by atoms with Crippen LogP contribution >= 0.6 is 0 Å². The molecule has 2 aromatic rings. The lowest BCUT2D eigenvalue weighted by atomic mass is 10.4. The fraction of sp³-hybridized carbons (Fsp3) is 0.500. The Morgan fingerprint density at radius 1 is 1.00 bits per heavy atom. The molecule has 0 bridgehead atoms. The van der Waals surface area contributed by atoms with Crippen LogP contribution in [0.1, 0.15) is 18.7 Å². The first-order chi connectivity index (χ1) is 8.72. The summed E-state index contributed by atoms with van der Waals surface area (Å²) in [6, 6.07) is 0. The minimum absolute atomic E-state index is 0.0865. The summed E-state index contributed by atoms with van der Waals surface area (Å²) in [5, 5.41) is 8.04. The van der Waals surface area contributed by atoms with Gasteiger partial charge in [0.05, 0.1) is 6.54 Å². The molecular weight excluding hydrogens is 232 g/mol. The number of rotatable bonds is 2. The van der Waals surface area contributed by atoms with Crippen molar-refractivity contribution < 1.29 is 0 Å². The highest BCUT2D eigenvalue weighted by Crippen LogP contribution is 2.15. The quantitative estimate of drug-likeness (QED) is 0.732. The molecule has 3 heterocycles. The molecule has 1 fully saturated rings. The zero-order valence-corrected chi connectivity index (χ0v) is 9.87. The zero-order valence-electron chi connectivity index (χ0n) is 9.87. The molecule has 4 N–H and O–H groups in total. The first-order valence-electron chi connectivity index (χ1n) is 5.87. The lowest BCUT2D eigenvalue weighted by Gasteiger charge is -2.12. The van der Waals surface area contributed by atoms with Crippen molar-refractivity contribution in [2.24, 2.45) is 0 Å². The van der Waals surface area contributed by atoms with Crippen LogP contribution in [0.3, 0.4) is 0 Å². The molecule has 1 saturated heterocycles. The Balaban J connectivity index is 1.94. The molecule has 3 rings (SSSR count). The van der Waals surface area contributed by atoms with Crippen LogP contribution in [-0.2, 0) is 6.54 Å². The topological polar surface area (TPSA) is 120 Å². The van der Waals surface area contributed by atoms with Crippen LogP contribution in [0.15, 0.2) is 0 Å². The Hall–Kier alpha value is -2.09. The number of nitrogens with two attached hydrogens (primary N) is 2. The molecule has 2 aromatic heterocycles. The van der Waals surface area contributed by atoms with E-state index in [0.29, 0.717) is 23.5 Å². The van der Waals surface area contributed by atoms with E-state index in [1.165, 1.54) is 12.8 Å². The Morgan fingerprint density at radius 2 is 1.78 bits per heavy atom. The molecule has 0 radical (unpaired) electrons. The Bertz CT molecular complexity index is 577. The van der Waals surface area contributed by atoms with Crippen LogP contribution in [-0.4, -0.2) is 43.1 Å². The summed E-state index contributed by atoms with van der Waals surface area (Å²) in [7, 11) is 0. The van der Waals surface area contributed by atoms with Crippen molar-refractivity contribution in [1.29, 1.82) is 0 Å². The van der Waals surface area contributed by atoms with Gasteiger partial charge in [0.25, 0.3) is 0 Å². The van der Waals surface area contributed by atoms with Gasteiger partial charge in [0, 0.05) is 0 Å². The normalized spacial score (nSPS) is 16.4. The van der Waals surface area contributed by atoms with Crippen molar-refractivity contribution in [3.05, 3.63) is 5.82 Å². The predicted molar refractivity (Wildman–Crippen MR) is 66.3 cm³/mol. The van der Waals surface area contributed by atoms with Gasteiger partial charge in [-0.25, -0.2) is 4.98 Å². The highest BCUT2D eigenvalue weighted by Gasteiger charge is 2.15. The summed E-state index contributed by atoms with van der Waals surface area (Å²) in [4.78, 5) is 14.5. The first kappa shape index (κ1) is 11.0. The van der Waals surface area contributed by atoms with E-state index in [1.807, 2.05) is 0 Å². The molecule has 8 nitrogen and oxygen atoms in total. The molecule has 8 heteroatoms. The number of hydrogen-bond acceptors (Lipinski definition) is 8. The molecule has 0 unspecified atom stereocenters. The second-order valence-corrected chi connectivity index (χ2v) is 4.35. The summed E-state index contributed by atoms with van der Waals surface area (Å²) < 4.78 is 0. The van der Waals surface area contributed by atoms with E-state index in [1.54, 1.807) is 0 Å². The molecule has 18 heavy (non-hydrogen) atoms. The molecule has 0 aromatic carbocycles. The maximum Gasteiger partial charge on any atom is 0.224 e. The van der Waals surface area contributed by atoms with Crippen LogP contribution in [0.5, 0.6) is 0 Å². The standard InChI is InChI=1S/C10H14N8/c11-8-7-9(15-10(12)14-8)17-16-6(13-7)5-18-3-1-2-4-18/h1-5H2,(H4,11,12,14,15,17). The fourth-order valence-corrected chi connectivity index (χ4v) is 2.12. The third kappa shape index (κ3) is 2.02. The van der Waals surface area contributed by atoms with Gasteiger partial charge in [-0.2, -0.15) is 9.97 Å². The van der Waals surface area contributed by atoms with Crippen LogP contribution in [0.25, 0.3) is 11.2 Å². The van der Waals surface area contributed by atoms with E-state index in [0.717, 1.165) is 13.1 Å². The Labute approximate surface area is 103 Å². The summed E-state index contributed by atoms with van der Waals surface area (Å²) in [6.07, 6.45) is 2.45. The number of likely N-dealkylation sites (tertiary alicyclic amines) is 1. The van der Waals surface area contributed by atoms with Crippen LogP contribution in [0.2, 0.25) is 0 Å². The fourth-order valence-electron chi connectivity index (χ4n) is 2.12. The monoisotopic (exact) mass is 246 g/mol. The van der Waals surface area contributed by atoms with Gasteiger partial charge < -0.3 is 11.5 Å². The molecule has 0 saturated carbocycles. The van der Waals surface area contributed by atoms with Crippen molar-refractivity contribution in [3.63, 3.8) is 0 Å². The van der Waals surface area contributed by atoms with E-state index in [4.69, 9.17) is 11.5 Å². The van der Waals surface area contributed by atoms with Gasteiger partial charge in [0.1, 0.15) is 0 Å². The van der Waals surface area contributed by atoms with Gasteiger partial charge in [-0.1, -0.05) is 0 Å². The van der Waals surface area contributed by atoms with Gasteiger partial charge in [-0.05, 0) is 25.9 Å². The van der Waals surface area contributed by atoms with Crippen molar-refractivity contribution in [3.8, 4) is 0 Å². The van der Waals surface area contributed by atoms with Crippen LogP contribution < -0.4 is 11.5 Å². The van der Waals surface area contributed by atoms with Gasteiger partial charge in [0.15, 0.2) is 17.2 Å². The second-order valence-electron chi connectivity index (χ2n) is 4.35. The van der Waals surface area contributed by atoms with Crippen molar-refractivity contribution in [2.45, 2.75) is 19.4 Å². The predicted octanol–water partition coefficient (Wildman–Crippen LogP) is -0.425. The lowest BCUT2D eigenvalue weighted by Crippen LogP contribution is -2.20. The molecule has 1 aliphatic heterocycles. The molecule has 0 atom stereocenters. The third-order valence-corrected chi connectivity index (χ3v) is 2.97. The van der Waals surface area contributed by atoms with E-state index in [-0.39, 0.29) is 11.8 Å². The summed E-state index contributed by atoms with van der Waals surface area (Å²) in [5.74, 6) is 0.975. The van der Waals surface area contributed by atoms with Crippen molar-refractivity contribution in [1.82, 2.24) is 30.0 Å². The molecule has 94 valence electrons. The molecule has 0 aliphatic carbocycles. The summed E-state index contributed by atoms with van der Waals surface area (Å²) >= 11 is 0. The van der Waals surface area contributed by atoms with Crippen LogP contribution in [0, 0.1) is 0 Å². The number of fused-ring (bicyclic) bond motifs is 1. The van der Waals surface area contributed by atoms with Crippen molar-refractivity contribution in [2.75, 3.05) is 24.6 Å². The number of nitrogens with zero attached hydrogens (tertiary/aromatic N) is 6. The molecule has 0 amide bonds. The highest BCUT2D eigenvalue weighted by atomic mass is 15.2. The largest absolute Gasteiger partial charge is 0.382 e. The van der Waals surface area contributed by atoms with E-state index >= 15 is 0 Å². The van der Waals surface area contributed by atoms with Gasteiger partial charge in [0.2, 0.25) is 11.6 Å². The van der Waals surface area contributed by atoms with Gasteiger partial charge in [-0.15, -0.1) is 10.2 Å². The minimum Gasteiger partial charge on any atom is -0.382 e. The summed E-state index contributed by atoms with van der Waals surface area (Å²) in [5.41, 5.74) is 12.1. The number of aromatic nitrogens is 5. The average molecular weight is 246 g/mol. The maximum absolute atomic E-state index is 5.76. The minimum atomic E-state index is 0.0865. The lowest BCUT2D eigenvalue weighted by molar-refractivity contribution is 0.321. The zero-order chi connectivity index (χ0) is 12.5. The van der Waals surface area contributed by atoms with E-state index in [2.05, 4.69) is 30.0 Å². The van der Waals surface area contributed by atoms with E-state index in [9.17, 15) is 0 Å². The van der Waals surface area contributed by atoms with E-state index < -0.39 is 0 Å².